The van der Waals surface area contributed by atoms with Gasteiger partial charge in [0.15, 0.2) is 11.1 Å². The van der Waals surface area contributed by atoms with Gasteiger partial charge in [0.2, 0.25) is 0 Å². The highest BCUT2D eigenvalue weighted by molar-refractivity contribution is 8.05. The largest absolute Gasteiger partial charge is 0.297 e. The van der Waals surface area contributed by atoms with Crippen LogP contribution in [0.4, 0.5) is 0 Å². The Labute approximate surface area is 66.9 Å². The van der Waals surface area contributed by atoms with Gasteiger partial charge >= 0.3 is 0 Å². The van der Waals surface area contributed by atoms with Crippen molar-refractivity contribution in [1.29, 1.82) is 0 Å². The molecule has 1 aliphatic rings. The van der Waals surface area contributed by atoms with Crippen molar-refractivity contribution in [3.8, 4) is 0 Å². The fraction of sp³-hybridized carbons (Fsp3) is 0.250. The van der Waals surface area contributed by atoms with Crippen LogP contribution in [0.5, 0.6) is 0 Å². The van der Waals surface area contributed by atoms with Crippen LogP contribution in [-0.2, 0) is 4.79 Å². The molecule has 0 spiro atoms. The second kappa shape index (κ2) is 2.82. The van der Waals surface area contributed by atoms with Crippen molar-refractivity contribution < 1.29 is 4.79 Å². The monoisotopic (exact) mass is 183 g/mol. The molecular weight excluding hydrogens is 181 g/mol. The molecule has 0 fully saturated rings. The van der Waals surface area contributed by atoms with Gasteiger partial charge in [-0.05, 0) is 0 Å². The van der Waals surface area contributed by atoms with Crippen molar-refractivity contribution in [2.45, 2.75) is 4.83 Å². The predicted molar refractivity (Wildman–Crippen MR) is 39.1 cm³/mol. The van der Waals surface area contributed by atoms with E-state index in [1.807, 2.05) is 0 Å². The van der Waals surface area contributed by atoms with Gasteiger partial charge in [-0.1, -0.05) is 23.4 Å². The summed E-state index contributed by atoms with van der Waals surface area (Å²) in [5, 5.41) is 0. The zero-order valence-electron chi connectivity index (χ0n) is 4.25. The summed E-state index contributed by atoms with van der Waals surface area (Å²) >= 11 is 12.3. The van der Waals surface area contributed by atoms with E-state index >= 15 is 0 Å². The highest BCUT2D eigenvalue weighted by Gasteiger charge is 2.20. The smallest absolute Gasteiger partial charge is 0.169 e. The lowest BCUT2D eigenvalue weighted by Crippen LogP contribution is -2.04. The van der Waals surface area contributed by atoms with Crippen LogP contribution in [0, 0.1) is 0 Å². The van der Waals surface area contributed by atoms with E-state index < -0.39 is 0 Å². The molecule has 1 unspecified atom stereocenters. The molecule has 0 N–H and O–H groups in total. The maximum atomic E-state index is 10.1. The van der Waals surface area contributed by atoms with Crippen molar-refractivity contribution in [1.82, 2.24) is 4.42 Å². The molecule has 0 bridgehead atoms. The first kappa shape index (κ1) is 7.25. The van der Waals surface area contributed by atoms with Crippen molar-refractivity contribution >= 4 is 41.4 Å². The lowest BCUT2D eigenvalue weighted by Gasteiger charge is -2.06. The normalized spacial score (nSPS) is 26.2. The molecule has 1 heterocycles. The Balaban J connectivity index is 2.62. The fourth-order valence-corrected chi connectivity index (χ4v) is 1.70. The Morgan fingerprint density at radius 3 is 2.78 bits per heavy atom. The number of halogens is 2. The molecule has 0 aromatic rings. The number of hydrogen-bond acceptors (Lipinski definition) is 3. The topological polar surface area (TPSA) is 20.3 Å². The number of carbonyl (C=O) groups excluding carboxylic acids is 1. The highest BCUT2D eigenvalue weighted by Crippen LogP contribution is 2.34. The van der Waals surface area contributed by atoms with Gasteiger partial charge in [0.1, 0.15) is 0 Å². The van der Waals surface area contributed by atoms with Crippen LogP contribution >= 0.6 is 35.1 Å². The first-order valence-electron chi connectivity index (χ1n) is 2.16. The van der Waals surface area contributed by atoms with Crippen molar-refractivity contribution in [3.63, 3.8) is 0 Å². The minimum Gasteiger partial charge on any atom is -0.297 e. The maximum Gasteiger partial charge on any atom is 0.169 e. The molecule has 5 heteroatoms. The molecule has 1 rings (SSSR count). The second-order valence-corrected chi connectivity index (χ2v) is 3.62. The Bertz CT molecular complexity index is 161. The Morgan fingerprint density at radius 2 is 2.56 bits per heavy atom. The zero-order chi connectivity index (χ0) is 6.85. The minimum absolute atomic E-state index is 0.341. The minimum atomic E-state index is -0.341. The van der Waals surface area contributed by atoms with E-state index in [0.29, 0.717) is 4.91 Å². The summed E-state index contributed by atoms with van der Waals surface area (Å²) in [6, 6.07) is 0. The molecule has 0 radical (unpaired) electrons. The number of nitrogens with zero attached hydrogens (tertiary/aromatic N) is 1. The Morgan fingerprint density at radius 1 is 1.89 bits per heavy atom. The Hall–Kier alpha value is 0.140. The number of aldehydes is 1. The first-order valence-corrected chi connectivity index (χ1v) is 3.81. The summed E-state index contributed by atoms with van der Waals surface area (Å²) in [4.78, 5) is 10.3. The van der Waals surface area contributed by atoms with E-state index in [-0.39, 0.29) is 4.83 Å². The molecule has 9 heavy (non-hydrogen) atoms. The molecule has 0 amide bonds. The third-order valence-corrected chi connectivity index (χ3v) is 2.68. The molecule has 0 aromatic heterocycles. The van der Waals surface area contributed by atoms with E-state index in [1.165, 1.54) is 22.4 Å². The van der Waals surface area contributed by atoms with Crippen LogP contribution in [0.2, 0.25) is 0 Å². The molecule has 1 aliphatic heterocycles. The van der Waals surface area contributed by atoms with E-state index in [4.69, 9.17) is 23.4 Å². The zero-order valence-corrected chi connectivity index (χ0v) is 6.58. The summed E-state index contributed by atoms with van der Waals surface area (Å²) in [5.41, 5.74) is 0. The third-order valence-electron chi connectivity index (χ3n) is 0.794. The standard InChI is InChI=1S/C4H3Cl2NOS/c5-4-7(6)1-3(2-8)9-4/h1-2,4H. The summed E-state index contributed by atoms with van der Waals surface area (Å²) in [7, 11) is 0. The molecule has 0 aromatic carbocycles. The quantitative estimate of drug-likeness (QED) is 0.268. The van der Waals surface area contributed by atoms with Crippen LogP contribution in [0.25, 0.3) is 0 Å². The lowest BCUT2D eigenvalue weighted by atomic mass is 10.7. The van der Waals surface area contributed by atoms with E-state index in [2.05, 4.69) is 0 Å². The number of thioether (sulfide) groups is 1. The highest BCUT2D eigenvalue weighted by atomic mass is 35.5. The van der Waals surface area contributed by atoms with Crippen molar-refractivity contribution in [2.24, 2.45) is 0 Å². The summed E-state index contributed by atoms with van der Waals surface area (Å²) in [6.07, 6.45) is 2.22. The van der Waals surface area contributed by atoms with E-state index in [0.717, 1.165) is 6.29 Å². The molecule has 0 saturated heterocycles. The van der Waals surface area contributed by atoms with Crippen LogP contribution in [0.1, 0.15) is 0 Å². The van der Waals surface area contributed by atoms with Gasteiger partial charge in [0.25, 0.3) is 0 Å². The predicted octanol–water partition coefficient (Wildman–Crippen LogP) is 1.75. The van der Waals surface area contributed by atoms with Gasteiger partial charge in [-0.25, -0.2) is 0 Å². The van der Waals surface area contributed by atoms with Crippen molar-refractivity contribution in [2.75, 3.05) is 0 Å². The molecule has 50 valence electrons. The molecule has 2 nitrogen and oxygen atoms in total. The van der Waals surface area contributed by atoms with Crippen LogP contribution in [-0.4, -0.2) is 15.5 Å². The average molecular weight is 184 g/mol. The van der Waals surface area contributed by atoms with Crippen LogP contribution < -0.4 is 0 Å². The van der Waals surface area contributed by atoms with Crippen LogP contribution in [0.15, 0.2) is 11.1 Å². The van der Waals surface area contributed by atoms with Gasteiger partial charge in [-0.2, -0.15) is 0 Å². The van der Waals surface area contributed by atoms with Gasteiger partial charge in [-0.15, -0.1) is 0 Å². The van der Waals surface area contributed by atoms with E-state index in [1.54, 1.807) is 0 Å². The fourth-order valence-electron chi connectivity index (χ4n) is 0.431. The number of carbonyl (C=O) groups is 1. The molecular formula is C4H3Cl2NOS. The average Bonchev–Trinajstić information content (AvgIpc) is 2.13. The number of rotatable bonds is 1. The van der Waals surface area contributed by atoms with Gasteiger partial charge in [-0.3, -0.25) is 9.21 Å². The van der Waals surface area contributed by atoms with Crippen molar-refractivity contribution in [3.05, 3.63) is 11.1 Å². The lowest BCUT2D eigenvalue weighted by molar-refractivity contribution is -0.104. The summed E-state index contributed by atoms with van der Waals surface area (Å²) < 4.78 is 1.26. The molecule has 0 aliphatic carbocycles. The Kier molecular flexibility index (Phi) is 2.27. The SMILES string of the molecule is O=CC1=CN(Cl)C(Cl)S1. The summed E-state index contributed by atoms with van der Waals surface area (Å²) in [6.45, 7) is 0. The van der Waals surface area contributed by atoms with Crippen LogP contribution in [0.3, 0.4) is 0 Å². The molecule has 0 saturated carbocycles. The maximum absolute atomic E-state index is 10.1. The number of alkyl halides is 1. The molecule has 1 atom stereocenters. The van der Waals surface area contributed by atoms with Gasteiger partial charge < -0.3 is 0 Å². The van der Waals surface area contributed by atoms with Gasteiger partial charge in [0, 0.05) is 18.0 Å². The number of allylic oxidation sites excluding steroid dienone is 1. The first-order chi connectivity index (χ1) is 4.24. The number of hydrogen-bond donors (Lipinski definition) is 0. The summed E-state index contributed by atoms with van der Waals surface area (Å²) in [5.74, 6) is 0. The third kappa shape index (κ3) is 1.53. The second-order valence-electron chi connectivity index (χ2n) is 1.40. The van der Waals surface area contributed by atoms with Gasteiger partial charge in [0.05, 0.1) is 4.91 Å². The van der Waals surface area contributed by atoms with E-state index in [9.17, 15) is 4.79 Å².